The van der Waals surface area contributed by atoms with Crippen LogP contribution in [0.1, 0.15) is 163 Å². The maximum absolute atomic E-state index is 2.36. The molecule has 0 radical (unpaired) electrons. The van der Waals surface area contributed by atoms with Crippen LogP contribution in [0.15, 0.2) is 22.3 Å². The lowest BCUT2D eigenvalue weighted by Crippen LogP contribution is -2.06. The summed E-state index contributed by atoms with van der Waals surface area (Å²) in [6, 6.07) is 0. The zero-order chi connectivity index (χ0) is 22.0. The summed E-state index contributed by atoms with van der Waals surface area (Å²) in [5.74, 6) is 0.818. The average Bonchev–Trinajstić information content (AvgIpc) is 3.01. The minimum atomic E-state index is 0.818. The van der Waals surface area contributed by atoms with Crippen molar-refractivity contribution in [2.24, 2.45) is 5.92 Å². The Kier molecular flexibility index (Phi) is 16.6. The van der Waals surface area contributed by atoms with Gasteiger partial charge in [-0.25, -0.2) is 0 Å². The maximum atomic E-state index is 2.36. The van der Waals surface area contributed by atoms with E-state index in [2.05, 4.69) is 34.6 Å². The van der Waals surface area contributed by atoms with Crippen LogP contribution in [0.2, 0.25) is 0 Å². The summed E-state index contributed by atoms with van der Waals surface area (Å²) < 4.78 is 0. The summed E-state index contributed by atoms with van der Waals surface area (Å²) in [4.78, 5) is 0. The zero-order valence-corrected chi connectivity index (χ0v) is 21.7. The summed E-state index contributed by atoms with van der Waals surface area (Å²) in [5.41, 5.74) is 7.61. The van der Waals surface area contributed by atoms with E-state index in [9.17, 15) is 0 Å². The molecule has 1 aliphatic carbocycles. The lowest BCUT2D eigenvalue weighted by Gasteiger charge is -2.21. The van der Waals surface area contributed by atoms with Gasteiger partial charge in [0.15, 0.2) is 0 Å². The number of rotatable bonds is 20. The van der Waals surface area contributed by atoms with Crippen molar-refractivity contribution < 1.29 is 0 Å². The van der Waals surface area contributed by atoms with E-state index in [1.54, 1.807) is 0 Å². The molecule has 0 spiro atoms. The fourth-order valence-electron chi connectivity index (χ4n) is 5.47. The van der Waals surface area contributed by atoms with Crippen molar-refractivity contribution in [3.63, 3.8) is 0 Å². The smallest absolute Gasteiger partial charge is 0.00188 e. The normalized spacial score (nSPS) is 15.1. The highest BCUT2D eigenvalue weighted by Crippen LogP contribution is 2.48. The molecule has 1 aliphatic rings. The summed E-state index contributed by atoms with van der Waals surface area (Å²) in [5, 5.41) is 0. The van der Waals surface area contributed by atoms with Gasteiger partial charge in [-0.3, -0.25) is 0 Å². The minimum Gasteiger partial charge on any atom is -0.0654 e. The van der Waals surface area contributed by atoms with Crippen LogP contribution in [0.25, 0.3) is 0 Å². The molecule has 0 unspecified atom stereocenters. The predicted octanol–water partition coefficient (Wildman–Crippen LogP) is 11.1. The molecule has 0 heterocycles. The van der Waals surface area contributed by atoms with E-state index >= 15 is 0 Å². The Morgan fingerprint density at radius 1 is 0.400 bits per heavy atom. The third-order valence-electron chi connectivity index (χ3n) is 7.24. The molecule has 0 fully saturated rings. The van der Waals surface area contributed by atoms with Gasteiger partial charge in [0.1, 0.15) is 0 Å². The third kappa shape index (κ3) is 9.74. The summed E-state index contributed by atoms with van der Waals surface area (Å²) in [7, 11) is 0. The second-order valence-electron chi connectivity index (χ2n) is 9.88. The van der Waals surface area contributed by atoms with Crippen LogP contribution in [-0.4, -0.2) is 0 Å². The molecule has 30 heavy (non-hydrogen) atoms. The van der Waals surface area contributed by atoms with E-state index in [0.717, 1.165) is 5.92 Å². The second kappa shape index (κ2) is 18.1. The fraction of sp³-hybridized carbons (Fsp3) is 0.867. The van der Waals surface area contributed by atoms with Gasteiger partial charge < -0.3 is 0 Å². The first-order valence-electron chi connectivity index (χ1n) is 14.2. The molecule has 0 aliphatic heterocycles. The highest BCUT2D eigenvalue weighted by atomic mass is 14.4. The van der Waals surface area contributed by atoms with Crippen molar-refractivity contribution in [3.05, 3.63) is 22.3 Å². The molecule has 0 saturated carbocycles. The Labute approximate surface area is 191 Å². The Balaban J connectivity index is 3.19. The largest absolute Gasteiger partial charge is 0.0654 e. The van der Waals surface area contributed by atoms with Gasteiger partial charge in [0.25, 0.3) is 0 Å². The molecular formula is C30H56. The quantitative estimate of drug-likeness (QED) is 0.173. The average molecular weight is 417 g/mol. The lowest BCUT2D eigenvalue weighted by molar-refractivity contribution is 0.530. The van der Waals surface area contributed by atoms with Crippen molar-refractivity contribution in [2.75, 3.05) is 0 Å². The van der Waals surface area contributed by atoms with Gasteiger partial charge in [0.05, 0.1) is 0 Å². The molecule has 1 rings (SSSR count). The van der Waals surface area contributed by atoms with E-state index in [0.29, 0.717) is 0 Å². The van der Waals surface area contributed by atoms with E-state index in [4.69, 9.17) is 0 Å². The Morgan fingerprint density at radius 2 is 0.733 bits per heavy atom. The highest BCUT2D eigenvalue weighted by Gasteiger charge is 2.31. The van der Waals surface area contributed by atoms with Gasteiger partial charge in [-0.05, 0) is 68.9 Å². The van der Waals surface area contributed by atoms with E-state index in [-0.39, 0.29) is 0 Å². The maximum Gasteiger partial charge on any atom is 0.00188 e. The van der Waals surface area contributed by atoms with Gasteiger partial charge >= 0.3 is 0 Å². The van der Waals surface area contributed by atoms with Gasteiger partial charge in [0, 0.05) is 5.92 Å². The van der Waals surface area contributed by atoms with Gasteiger partial charge in [-0.2, -0.15) is 0 Å². The number of allylic oxidation sites excluding steroid dienone is 4. The molecule has 0 heteroatoms. The number of hydrogen-bond acceptors (Lipinski definition) is 0. The lowest BCUT2D eigenvalue weighted by atomic mass is 9.84. The third-order valence-corrected chi connectivity index (χ3v) is 7.24. The van der Waals surface area contributed by atoms with Crippen LogP contribution in [0.5, 0.6) is 0 Å². The van der Waals surface area contributed by atoms with E-state index in [1.165, 1.54) is 128 Å². The van der Waals surface area contributed by atoms with Crippen molar-refractivity contribution in [1.29, 1.82) is 0 Å². The molecule has 0 N–H and O–H groups in total. The van der Waals surface area contributed by atoms with Crippen LogP contribution >= 0.6 is 0 Å². The van der Waals surface area contributed by atoms with Gasteiger partial charge in [0.2, 0.25) is 0 Å². The molecule has 0 atom stereocenters. The zero-order valence-electron chi connectivity index (χ0n) is 21.7. The van der Waals surface area contributed by atoms with Crippen molar-refractivity contribution in [1.82, 2.24) is 0 Å². The Morgan fingerprint density at radius 3 is 1.10 bits per heavy atom. The molecule has 0 aromatic heterocycles. The SMILES string of the molecule is CCCCCC1=C(CCCCC)C(CCCCC)C(CCCCC)=C1CCCCC. The van der Waals surface area contributed by atoms with Crippen LogP contribution in [-0.2, 0) is 0 Å². The van der Waals surface area contributed by atoms with Crippen LogP contribution in [0, 0.1) is 5.92 Å². The molecule has 0 amide bonds. The summed E-state index contributed by atoms with van der Waals surface area (Å²) >= 11 is 0. The topological polar surface area (TPSA) is 0 Å². The number of unbranched alkanes of at least 4 members (excludes halogenated alkanes) is 10. The first-order valence-corrected chi connectivity index (χ1v) is 14.2. The van der Waals surface area contributed by atoms with Crippen LogP contribution < -0.4 is 0 Å². The molecule has 176 valence electrons. The monoisotopic (exact) mass is 416 g/mol. The summed E-state index contributed by atoms with van der Waals surface area (Å²) in [6.07, 6.45) is 27.8. The number of hydrogen-bond donors (Lipinski definition) is 0. The van der Waals surface area contributed by atoms with E-state index < -0.39 is 0 Å². The molecule has 0 saturated heterocycles. The predicted molar refractivity (Wildman–Crippen MR) is 138 cm³/mol. The van der Waals surface area contributed by atoms with Crippen molar-refractivity contribution >= 4 is 0 Å². The molecular weight excluding hydrogens is 360 g/mol. The Bertz CT molecular complexity index is 438. The van der Waals surface area contributed by atoms with Gasteiger partial charge in [-0.1, -0.05) is 116 Å². The van der Waals surface area contributed by atoms with Crippen molar-refractivity contribution in [3.8, 4) is 0 Å². The minimum absolute atomic E-state index is 0.818. The first-order chi connectivity index (χ1) is 14.7. The van der Waals surface area contributed by atoms with E-state index in [1.807, 2.05) is 22.3 Å². The highest BCUT2D eigenvalue weighted by molar-refractivity contribution is 5.50. The van der Waals surface area contributed by atoms with Gasteiger partial charge in [-0.15, -0.1) is 0 Å². The molecule has 0 nitrogen and oxygen atoms in total. The second-order valence-corrected chi connectivity index (χ2v) is 9.88. The standard InChI is InChI=1S/C30H56/c1-6-11-16-21-26-27(22-17-12-7-2)29(24-19-14-9-4)30(25-20-15-10-5)28(26)23-18-13-8-3/h26H,6-25H2,1-5H3. The van der Waals surface area contributed by atoms with Crippen molar-refractivity contribution in [2.45, 2.75) is 163 Å². The van der Waals surface area contributed by atoms with Crippen LogP contribution in [0.3, 0.4) is 0 Å². The first kappa shape index (κ1) is 27.5. The molecule has 0 aromatic rings. The fourth-order valence-corrected chi connectivity index (χ4v) is 5.47. The molecule has 0 aromatic carbocycles. The van der Waals surface area contributed by atoms with Crippen LogP contribution in [0.4, 0.5) is 0 Å². The Hall–Kier alpha value is -0.520. The summed E-state index contributed by atoms with van der Waals surface area (Å²) in [6.45, 7) is 11.8. The molecule has 0 bridgehead atoms.